The van der Waals surface area contributed by atoms with Crippen molar-refractivity contribution in [2.75, 3.05) is 6.54 Å². The van der Waals surface area contributed by atoms with Crippen LogP contribution >= 0.6 is 11.3 Å². The molecule has 2 N–H and O–H groups in total. The summed E-state index contributed by atoms with van der Waals surface area (Å²) in [6, 6.07) is 4.20. The van der Waals surface area contributed by atoms with Gasteiger partial charge in [0.05, 0.1) is 0 Å². The van der Waals surface area contributed by atoms with Gasteiger partial charge in [-0.15, -0.1) is 11.3 Å². The van der Waals surface area contributed by atoms with Crippen molar-refractivity contribution in [3.63, 3.8) is 0 Å². The molecule has 0 saturated heterocycles. The Morgan fingerprint density at radius 2 is 2.12 bits per heavy atom. The first-order valence-electron chi connectivity index (χ1n) is 5.97. The van der Waals surface area contributed by atoms with Gasteiger partial charge in [-0.25, -0.2) is 0 Å². The molecule has 1 aromatic rings. The Balaban J connectivity index is 2.44. The Labute approximate surface area is 102 Å². The number of thiophene rings is 1. The zero-order valence-corrected chi connectivity index (χ0v) is 11.0. The van der Waals surface area contributed by atoms with Crippen molar-refractivity contribution in [2.45, 2.75) is 39.5 Å². The summed E-state index contributed by atoms with van der Waals surface area (Å²) in [5, 5.41) is 0. The lowest BCUT2D eigenvalue weighted by Crippen LogP contribution is -2.14. The molecule has 1 rings (SSSR count). The monoisotopic (exact) mass is 239 g/mol. The lowest BCUT2D eigenvalue weighted by atomic mass is 9.98. The molecular weight excluding hydrogens is 218 g/mol. The van der Waals surface area contributed by atoms with E-state index < -0.39 is 0 Å². The predicted molar refractivity (Wildman–Crippen MR) is 69.9 cm³/mol. The smallest absolute Gasteiger partial charge is 0.140 e. The summed E-state index contributed by atoms with van der Waals surface area (Å²) >= 11 is 1.76. The molecule has 0 bridgehead atoms. The minimum Gasteiger partial charge on any atom is -0.330 e. The van der Waals surface area contributed by atoms with Crippen LogP contribution in [0.15, 0.2) is 12.1 Å². The van der Waals surface area contributed by atoms with Crippen LogP contribution in [0.5, 0.6) is 0 Å². The van der Waals surface area contributed by atoms with Gasteiger partial charge in [0.2, 0.25) is 0 Å². The van der Waals surface area contributed by atoms with Gasteiger partial charge in [-0.1, -0.05) is 13.8 Å². The first-order valence-corrected chi connectivity index (χ1v) is 6.79. The van der Waals surface area contributed by atoms with Crippen molar-refractivity contribution in [3.8, 4) is 0 Å². The van der Waals surface area contributed by atoms with Crippen LogP contribution in [0.1, 0.15) is 36.4 Å². The highest BCUT2D eigenvalue weighted by atomic mass is 32.1. The third-order valence-corrected chi connectivity index (χ3v) is 4.03. The molecule has 1 aromatic heterocycles. The van der Waals surface area contributed by atoms with Crippen LogP contribution in [-0.4, -0.2) is 12.3 Å². The predicted octanol–water partition coefficient (Wildman–Crippen LogP) is 2.80. The van der Waals surface area contributed by atoms with Crippen LogP contribution in [0.25, 0.3) is 0 Å². The molecule has 0 saturated carbocycles. The zero-order chi connectivity index (χ0) is 12.0. The summed E-state index contributed by atoms with van der Waals surface area (Å²) < 4.78 is 0. The Hall–Kier alpha value is -0.670. The van der Waals surface area contributed by atoms with Gasteiger partial charge < -0.3 is 5.73 Å². The topological polar surface area (TPSA) is 43.1 Å². The van der Waals surface area contributed by atoms with Crippen LogP contribution in [0, 0.1) is 5.92 Å². The first kappa shape index (κ1) is 13.4. The van der Waals surface area contributed by atoms with Gasteiger partial charge in [-0.3, -0.25) is 4.79 Å². The number of carbonyl (C=O) groups is 1. The van der Waals surface area contributed by atoms with Gasteiger partial charge in [0, 0.05) is 22.1 Å². The Morgan fingerprint density at radius 1 is 1.44 bits per heavy atom. The van der Waals surface area contributed by atoms with Crippen molar-refractivity contribution < 1.29 is 4.79 Å². The third-order valence-electron chi connectivity index (χ3n) is 2.81. The summed E-state index contributed by atoms with van der Waals surface area (Å²) in [5.74, 6) is 0.494. The average molecular weight is 239 g/mol. The number of carbonyl (C=O) groups excluding carboxylic acids is 1. The molecule has 1 atom stereocenters. The van der Waals surface area contributed by atoms with Gasteiger partial charge in [0.1, 0.15) is 5.78 Å². The third kappa shape index (κ3) is 4.06. The lowest BCUT2D eigenvalue weighted by Gasteiger charge is -2.08. The molecule has 1 heterocycles. The number of nitrogens with two attached hydrogens (primary N) is 1. The second-order valence-electron chi connectivity index (χ2n) is 4.20. The molecule has 2 nitrogen and oxygen atoms in total. The summed E-state index contributed by atoms with van der Waals surface area (Å²) in [4.78, 5) is 14.4. The maximum absolute atomic E-state index is 11.9. The molecule has 0 aliphatic heterocycles. The molecule has 0 aliphatic carbocycles. The van der Waals surface area contributed by atoms with E-state index in [4.69, 9.17) is 5.73 Å². The van der Waals surface area contributed by atoms with Crippen molar-refractivity contribution >= 4 is 17.1 Å². The van der Waals surface area contributed by atoms with Crippen molar-refractivity contribution in [1.29, 1.82) is 0 Å². The van der Waals surface area contributed by atoms with Crippen LogP contribution in [-0.2, 0) is 17.6 Å². The Kier molecular flexibility index (Phi) is 5.71. The maximum Gasteiger partial charge on any atom is 0.140 e. The highest BCUT2D eigenvalue weighted by molar-refractivity contribution is 7.12. The van der Waals surface area contributed by atoms with Gasteiger partial charge in [0.15, 0.2) is 0 Å². The maximum atomic E-state index is 11.9. The number of hydrogen-bond acceptors (Lipinski definition) is 3. The number of ketones is 1. The largest absolute Gasteiger partial charge is 0.330 e. The fourth-order valence-electron chi connectivity index (χ4n) is 1.64. The van der Waals surface area contributed by atoms with Gasteiger partial charge >= 0.3 is 0 Å². The van der Waals surface area contributed by atoms with Gasteiger partial charge in [-0.2, -0.15) is 0 Å². The van der Waals surface area contributed by atoms with Crippen LogP contribution in [0.2, 0.25) is 0 Å². The van der Waals surface area contributed by atoms with Crippen LogP contribution in [0.4, 0.5) is 0 Å². The van der Waals surface area contributed by atoms with Crippen molar-refractivity contribution in [1.82, 2.24) is 0 Å². The molecule has 0 aliphatic rings. The summed E-state index contributed by atoms with van der Waals surface area (Å²) in [7, 11) is 0. The van der Waals surface area contributed by atoms with E-state index in [9.17, 15) is 4.79 Å². The quantitative estimate of drug-likeness (QED) is 0.795. The Bertz CT molecular complexity index is 332. The van der Waals surface area contributed by atoms with E-state index >= 15 is 0 Å². The van der Waals surface area contributed by atoms with Gasteiger partial charge in [0.25, 0.3) is 0 Å². The lowest BCUT2D eigenvalue weighted by molar-refractivity contribution is -0.121. The summed E-state index contributed by atoms with van der Waals surface area (Å²) in [5.41, 5.74) is 5.44. The van der Waals surface area contributed by atoms with E-state index in [0.29, 0.717) is 18.7 Å². The fraction of sp³-hybridized carbons (Fsp3) is 0.615. The second kappa shape index (κ2) is 6.81. The second-order valence-corrected chi connectivity index (χ2v) is 5.45. The van der Waals surface area contributed by atoms with E-state index in [0.717, 1.165) is 19.3 Å². The molecule has 0 aromatic carbocycles. The standard InChI is InChI=1S/C13H21NOS/c1-3-11-6-7-12(16-11)9-13(15)10(2)5-4-8-14/h6-7,10H,3-5,8-9,14H2,1-2H3. The van der Waals surface area contributed by atoms with E-state index in [-0.39, 0.29) is 5.92 Å². The number of hydrogen-bond donors (Lipinski definition) is 1. The van der Waals surface area contributed by atoms with Crippen LogP contribution < -0.4 is 5.73 Å². The molecule has 90 valence electrons. The molecule has 0 radical (unpaired) electrons. The Morgan fingerprint density at radius 3 is 2.69 bits per heavy atom. The molecule has 16 heavy (non-hydrogen) atoms. The van der Waals surface area contributed by atoms with Gasteiger partial charge in [-0.05, 0) is 37.9 Å². The minimum atomic E-state index is 0.149. The molecule has 0 fully saturated rings. The summed E-state index contributed by atoms with van der Waals surface area (Å²) in [6.07, 6.45) is 3.51. The van der Waals surface area contributed by atoms with Crippen LogP contribution in [0.3, 0.4) is 0 Å². The summed E-state index contributed by atoms with van der Waals surface area (Å²) in [6.45, 7) is 4.82. The highest BCUT2D eigenvalue weighted by Gasteiger charge is 2.13. The van der Waals surface area contributed by atoms with E-state index in [2.05, 4.69) is 19.1 Å². The molecule has 1 unspecified atom stereocenters. The molecule has 3 heteroatoms. The SMILES string of the molecule is CCc1ccc(CC(=O)C(C)CCCN)s1. The fourth-order valence-corrected chi connectivity index (χ4v) is 2.61. The number of Topliss-reactive ketones (excluding diaryl/α,β-unsaturated/α-hetero) is 1. The molecular formula is C13H21NOS. The number of rotatable bonds is 7. The zero-order valence-electron chi connectivity index (χ0n) is 10.2. The van der Waals surface area contributed by atoms with Crippen molar-refractivity contribution in [3.05, 3.63) is 21.9 Å². The average Bonchev–Trinajstić information content (AvgIpc) is 2.73. The van der Waals surface area contributed by atoms with E-state index in [1.54, 1.807) is 11.3 Å². The molecule has 0 spiro atoms. The molecule has 0 amide bonds. The minimum absolute atomic E-state index is 0.149. The first-order chi connectivity index (χ1) is 7.67. The van der Waals surface area contributed by atoms with Crippen molar-refractivity contribution in [2.24, 2.45) is 11.7 Å². The van der Waals surface area contributed by atoms with E-state index in [1.807, 2.05) is 6.92 Å². The number of aryl methyl sites for hydroxylation is 1. The normalized spacial score (nSPS) is 12.7. The van der Waals surface area contributed by atoms with E-state index in [1.165, 1.54) is 9.75 Å². The highest BCUT2D eigenvalue weighted by Crippen LogP contribution is 2.19.